The molecule has 112 valence electrons. The summed E-state index contributed by atoms with van der Waals surface area (Å²) < 4.78 is 0. The minimum Gasteiger partial charge on any atom is -0.237 e. The van der Waals surface area contributed by atoms with Crippen LogP contribution in [0, 0.1) is 0 Å². The van der Waals surface area contributed by atoms with Crippen LogP contribution >= 0.6 is 0 Å². The summed E-state index contributed by atoms with van der Waals surface area (Å²) in [5.74, 6) is 0. The number of nitrogens with zero attached hydrogens (tertiary/aromatic N) is 2. The highest BCUT2D eigenvalue weighted by atomic mass is 15.6. The molecule has 2 nitrogen and oxygen atoms in total. The lowest BCUT2D eigenvalue weighted by Gasteiger charge is -2.37. The summed E-state index contributed by atoms with van der Waals surface area (Å²) in [5, 5.41) is 4.90. The van der Waals surface area contributed by atoms with Crippen LogP contribution in [0.5, 0.6) is 0 Å². The van der Waals surface area contributed by atoms with Gasteiger partial charge in [0.05, 0.1) is 0 Å². The van der Waals surface area contributed by atoms with Gasteiger partial charge in [-0.15, -0.1) is 0 Å². The minimum absolute atomic E-state index is 0.480. The van der Waals surface area contributed by atoms with Gasteiger partial charge in [0.25, 0.3) is 0 Å². The van der Waals surface area contributed by atoms with Gasteiger partial charge in [-0.1, -0.05) is 67.6 Å². The summed E-state index contributed by atoms with van der Waals surface area (Å²) in [6, 6.07) is 21.9. The Balaban J connectivity index is 2.11. The van der Waals surface area contributed by atoms with Crippen LogP contribution in [0.4, 0.5) is 0 Å². The number of benzene rings is 2. The van der Waals surface area contributed by atoms with Gasteiger partial charge in [0.15, 0.2) is 0 Å². The van der Waals surface area contributed by atoms with Crippen LogP contribution in [-0.2, 0) is 13.1 Å². The predicted molar refractivity (Wildman–Crippen MR) is 89.6 cm³/mol. The van der Waals surface area contributed by atoms with Crippen molar-refractivity contribution in [3.63, 3.8) is 0 Å². The maximum Gasteiger partial charge on any atom is 0.0387 e. The molecule has 0 saturated heterocycles. The number of hydrazine groups is 1. The molecule has 21 heavy (non-hydrogen) atoms. The summed E-state index contributed by atoms with van der Waals surface area (Å²) in [6.07, 6.45) is 0. The van der Waals surface area contributed by atoms with Crippen molar-refractivity contribution < 1.29 is 0 Å². The van der Waals surface area contributed by atoms with Gasteiger partial charge in [-0.2, -0.15) is 0 Å². The van der Waals surface area contributed by atoms with Gasteiger partial charge in [0, 0.05) is 25.7 Å². The van der Waals surface area contributed by atoms with Crippen molar-refractivity contribution in [2.24, 2.45) is 0 Å². The molecule has 0 fully saturated rings. The van der Waals surface area contributed by atoms with Gasteiger partial charge < -0.3 is 0 Å². The maximum atomic E-state index is 2.46. The first-order valence-corrected chi connectivity index (χ1v) is 7.80. The molecule has 0 spiro atoms. The third kappa shape index (κ3) is 4.69. The molecule has 0 N–H and O–H groups in total. The molecular weight excluding hydrogens is 256 g/mol. The van der Waals surface area contributed by atoms with Crippen LogP contribution < -0.4 is 0 Å². The largest absolute Gasteiger partial charge is 0.237 e. The first-order chi connectivity index (χ1) is 10.2. The van der Waals surface area contributed by atoms with E-state index in [1.165, 1.54) is 11.1 Å². The smallest absolute Gasteiger partial charge is 0.0387 e. The second-order valence-electron chi connectivity index (χ2n) is 5.64. The Morgan fingerprint density at radius 3 is 1.67 bits per heavy atom. The van der Waals surface area contributed by atoms with E-state index in [1.54, 1.807) is 0 Å². The lowest BCUT2D eigenvalue weighted by Crippen LogP contribution is -2.45. The standard InChI is InChI=1S/C19H26N2/c1-4-20(15-18-11-7-5-8-12-18)21(17(2)3)16-19-13-9-6-10-14-19/h5-14,17H,4,15-16H2,1-3H3. The van der Waals surface area contributed by atoms with Crippen molar-refractivity contribution in [2.45, 2.75) is 39.9 Å². The number of rotatable bonds is 7. The fourth-order valence-electron chi connectivity index (χ4n) is 2.56. The van der Waals surface area contributed by atoms with E-state index in [2.05, 4.69) is 91.5 Å². The highest BCUT2D eigenvalue weighted by Crippen LogP contribution is 2.14. The molecule has 2 aromatic rings. The molecule has 0 radical (unpaired) electrons. The second-order valence-corrected chi connectivity index (χ2v) is 5.64. The van der Waals surface area contributed by atoms with E-state index in [4.69, 9.17) is 0 Å². The average molecular weight is 282 g/mol. The minimum atomic E-state index is 0.480. The second kappa shape index (κ2) is 7.96. The summed E-state index contributed by atoms with van der Waals surface area (Å²) in [6.45, 7) is 9.68. The Kier molecular flexibility index (Phi) is 5.97. The Labute approximate surface area is 129 Å². The average Bonchev–Trinajstić information content (AvgIpc) is 2.52. The number of hydrogen-bond donors (Lipinski definition) is 0. The molecule has 2 heteroatoms. The van der Waals surface area contributed by atoms with Gasteiger partial charge in [0.2, 0.25) is 0 Å². The molecule has 0 heterocycles. The highest BCUT2D eigenvalue weighted by molar-refractivity contribution is 5.15. The predicted octanol–water partition coefficient (Wildman–Crippen LogP) is 4.33. The molecule has 0 aromatic heterocycles. The molecule has 0 aliphatic carbocycles. The van der Waals surface area contributed by atoms with Gasteiger partial charge >= 0.3 is 0 Å². The van der Waals surface area contributed by atoms with E-state index in [9.17, 15) is 0 Å². The van der Waals surface area contributed by atoms with Crippen LogP contribution in [0.1, 0.15) is 31.9 Å². The molecule has 0 amide bonds. The van der Waals surface area contributed by atoms with Crippen LogP contribution in [-0.4, -0.2) is 22.6 Å². The quantitative estimate of drug-likeness (QED) is 0.697. The summed E-state index contributed by atoms with van der Waals surface area (Å²) in [5.41, 5.74) is 2.72. The van der Waals surface area contributed by atoms with E-state index < -0.39 is 0 Å². The SMILES string of the molecule is CCN(Cc1ccccc1)N(Cc1ccccc1)C(C)C. The van der Waals surface area contributed by atoms with Crippen LogP contribution in [0.3, 0.4) is 0 Å². The van der Waals surface area contributed by atoms with Gasteiger partial charge in [0.1, 0.15) is 0 Å². The third-order valence-electron chi connectivity index (χ3n) is 3.72. The number of hydrogen-bond acceptors (Lipinski definition) is 2. The molecule has 0 aliphatic rings. The molecule has 0 unspecified atom stereocenters. The zero-order valence-electron chi connectivity index (χ0n) is 13.4. The van der Waals surface area contributed by atoms with Crippen LogP contribution in [0.15, 0.2) is 60.7 Å². The van der Waals surface area contributed by atoms with Crippen molar-refractivity contribution in [2.75, 3.05) is 6.54 Å². The van der Waals surface area contributed by atoms with E-state index in [0.717, 1.165) is 19.6 Å². The normalized spacial score (nSPS) is 11.5. The van der Waals surface area contributed by atoms with E-state index in [-0.39, 0.29) is 0 Å². The molecule has 0 bridgehead atoms. The van der Waals surface area contributed by atoms with Crippen molar-refractivity contribution in [1.82, 2.24) is 10.0 Å². The zero-order chi connectivity index (χ0) is 15.1. The lowest BCUT2D eigenvalue weighted by molar-refractivity contribution is -0.0624. The van der Waals surface area contributed by atoms with Crippen molar-refractivity contribution in [3.05, 3.63) is 71.8 Å². The Morgan fingerprint density at radius 1 is 0.762 bits per heavy atom. The maximum absolute atomic E-state index is 2.46. The topological polar surface area (TPSA) is 6.48 Å². The van der Waals surface area contributed by atoms with Gasteiger partial charge in [-0.3, -0.25) is 0 Å². The summed E-state index contributed by atoms with van der Waals surface area (Å²) in [7, 11) is 0. The zero-order valence-corrected chi connectivity index (χ0v) is 13.4. The Morgan fingerprint density at radius 2 is 1.24 bits per heavy atom. The molecule has 0 aliphatic heterocycles. The van der Waals surface area contributed by atoms with Gasteiger partial charge in [-0.25, -0.2) is 10.0 Å². The van der Waals surface area contributed by atoms with Gasteiger partial charge in [-0.05, 0) is 25.0 Å². The van der Waals surface area contributed by atoms with E-state index >= 15 is 0 Å². The van der Waals surface area contributed by atoms with E-state index in [1.807, 2.05) is 0 Å². The summed E-state index contributed by atoms with van der Waals surface area (Å²) >= 11 is 0. The van der Waals surface area contributed by atoms with Crippen molar-refractivity contribution in [3.8, 4) is 0 Å². The first-order valence-electron chi connectivity index (χ1n) is 7.80. The Bertz CT molecular complexity index is 508. The molecule has 0 atom stereocenters. The lowest BCUT2D eigenvalue weighted by atomic mass is 10.2. The first kappa shape index (κ1) is 15.7. The fourth-order valence-corrected chi connectivity index (χ4v) is 2.56. The summed E-state index contributed by atoms with van der Waals surface area (Å²) in [4.78, 5) is 0. The van der Waals surface area contributed by atoms with Crippen molar-refractivity contribution >= 4 is 0 Å². The monoisotopic (exact) mass is 282 g/mol. The molecule has 0 saturated carbocycles. The highest BCUT2D eigenvalue weighted by Gasteiger charge is 2.17. The molecule has 2 aromatic carbocycles. The molecule has 2 rings (SSSR count). The van der Waals surface area contributed by atoms with Crippen LogP contribution in [0.2, 0.25) is 0 Å². The molecular formula is C19H26N2. The Hall–Kier alpha value is -1.64. The van der Waals surface area contributed by atoms with E-state index in [0.29, 0.717) is 6.04 Å². The third-order valence-corrected chi connectivity index (χ3v) is 3.72. The van der Waals surface area contributed by atoms with Crippen LogP contribution in [0.25, 0.3) is 0 Å². The fraction of sp³-hybridized carbons (Fsp3) is 0.368. The van der Waals surface area contributed by atoms with Crippen molar-refractivity contribution in [1.29, 1.82) is 0 Å².